The Hall–Kier alpha value is -2.16. The van der Waals surface area contributed by atoms with Crippen molar-refractivity contribution in [3.8, 4) is 0 Å². The zero-order valence-corrected chi connectivity index (χ0v) is 14.8. The van der Waals surface area contributed by atoms with Crippen molar-refractivity contribution in [2.45, 2.75) is 9.24 Å². The van der Waals surface area contributed by atoms with Crippen molar-refractivity contribution in [1.29, 1.82) is 0 Å². The molecule has 8 heteroatoms. The van der Waals surface area contributed by atoms with Gasteiger partial charge in [0.05, 0.1) is 5.41 Å². The summed E-state index contributed by atoms with van der Waals surface area (Å²) in [6.07, 6.45) is 1.56. The average molecular weight is 376 g/mol. The molecule has 0 amide bonds. The number of benzene rings is 2. The van der Waals surface area contributed by atoms with Crippen LogP contribution >= 0.6 is 23.1 Å². The van der Waals surface area contributed by atoms with Crippen LogP contribution in [0.1, 0.15) is 5.56 Å². The smallest absolute Gasteiger partial charge is 0.255 e. The fourth-order valence-electron chi connectivity index (χ4n) is 1.83. The van der Waals surface area contributed by atoms with Crippen LogP contribution < -0.4 is 4.72 Å². The molecule has 3 aromatic rings. The van der Waals surface area contributed by atoms with E-state index in [-0.39, 0.29) is 0 Å². The van der Waals surface area contributed by atoms with Gasteiger partial charge in [-0.2, -0.15) is 0 Å². The topological polar surface area (TPSA) is 72.0 Å². The van der Waals surface area contributed by atoms with Gasteiger partial charge in [0, 0.05) is 10.6 Å². The molecule has 0 aliphatic carbocycles. The summed E-state index contributed by atoms with van der Waals surface area (Å²) in [7, 11) is -3.55. The molecular weight excluding hydrogens is 362 g/mol. The van der Waals surface area contributed by atoms with E-state index in [1.54, 1.807) is 23.7 Å². The fraction of sp³-hybridized carbons (Fsp3) is 0. The Balaban J connectivity index is 1.65. The summed E-state index contributed by atoms with van der Waals surface area (Å²) in [4.78, 5) is 0.967. The van der Waals surface area contributed by atoms with Crippen molar-refractivity contribution in [2.24, 2.45) is 0 Å². The largest absolute Gasteiger partial charge is 0.280 e. The number of nitrogens with zero attached hydrogens (tertiary/aromatic N) is 2. The number of sulfonamides is 1. The van der Waals surface area contributed by atoms with Gasteiger partial charge in [0.2, 0.25) is 0 Å². The van der Waals surface area contributed by atoms with Gasteiger partial charge < -0.3 is 0 Å². The van der Waals surface area contributed by atoms with E-state index >= 15 is 0 Å². The summed E-state index contributed by atoms with van der Waals surface area (Å²) in [6, 6.07) is 16.4. The van der Waals surface area contributed by atoms with Gasteiger partial charge in [0.1, 0.15) is 5.51 Å². The zero-order valence-electron chi connectivity index (χ0n) is 12.4. The number of aromatic nitrogens is 2. The van der Waals surface area contributed by atoms with Crippen molar-refractivity contribution >= 4 is 44.9 Å². The first-order valence-corrected chi connectivity index (χ1v) is 10.1. The quantitative estimate of drug-likeness (QED) is 0.702. The second-order valence-corrected chi connectivity index (χ2v) is 8.41. The third kappa shape index (κ3) is 4.92. The van der Waals surface area contributed by atoms with Crippen LogP contribution in [0.2, 0.25) is 0 Å². The number of rotatable bonds is 6. The summed E-state index contributed by atoms with van der Waals surface area (Å²) in [5.41, 5.74) is 3.00. The Morgan fingerprint density at radius 1 is 1.04 bits per heavy atom. The van der Waals surface area contributed by atoms with Crippen LogP contribution in [-0.2, 0) is 10.0 Å². The molecule has 24 heavy (non-hydrogen) atoms. The van der Waals surface area contributed by atoms with E-state index in [0.29, 0.717) is 5.69 Å². The first-order valence-electron chi connectivity index (χ1n) is 6.91. The van der Waals surface area contributed by atoms with Crippen LogP contribution in [0.25, 0.3) is 6.08 Å². The highest BCUT2D eigenvalue weighted by atomic mass is 32.2. The Labute approximate surface area is 148 Å². The lowest BCUT2D eigenvalue weighted by Crippen LogP contribution is -2.08. The molecule has 0 aliphatic heterocycles. The highest BCUT2D eigenvalue weighted by Crippen LogP contribution is 2.29. The molecule has 2 aromatic carbocycles. The van der Waals surface area contributed by atoms with Crippen LogP contribution in [-0.4, -0.2) is 18.6 Å². The average Bonchev–Trinajstić information content (AvgIpc) is 3.09. The van der Waals surface area contributed by atoms with Crippen molar-refractivity contribution in [1.82, 2.24) is 10.2 Å². The number of hydrogen-bond donors (Lipinski definition) is 1. The van der Waals surface area contributed by atoms with Gasteiger partial charge in [-0.05, 0) is 35.9 Å². The van der Waals surface area contributed by atoms with Gasteiger partial charge in [-0.1, -0.05) is 53.4 Å². The van der Waals surface area contributed by atoms with Gasteiger partial charge in [0.25, 0.3) is 10.0 Å². The third-order valence-corrected chi connectivity index (χ3v) is 5.70. The minimum absolute atomic E-state index is 0.509. The predicted octanol–water partition coefficient (Wildman–Crippen LogP) is 4.10. The molecule has 0 spiro atoms. The summed E-state index contributed by atoms with van der Waals surface area (Å²) in [5, 5.41) is 8.89. The fourth-order valence-corrected chi connectivity index (χ4v) is 4.15. The Kier molecular flexibility index (Phi) is 5.29. The molecule has 0 bridgehead atoms. The maximum atomic E-state index is 12.1. The zero-order chi connectivity index (χ0) is 16.8. The highest BCUT2D eigenvalue weighted by molar-refractivity contribution is 8.01. The molecule has 122 valence electrons. The number of nitrogens with one attached hydrogen (secondary N) is 1. The molecule has 0 unspecified atom stereocenters. The molecule has 1 heterocycles. The van der Waals surface area contributed by atoms with E-state index in [2.05, 4.69) is 14.9 Å². The van der Waals surface area contributed by atoms with Crippen molar-refractivity contribution in [2.75, 3.05) is 4.72 Å². The van der Waals surface area contributed by atoms with E-state index in [0.717, 1.165) is 20.2 Å². The van der Waals surface area contributed by atoms with Gasteiger partial charge in [0.15, 0.2) is 4.34 Å². The van der Waals surface area contributed by atoms with E-state index in [1.165, 1.54) is 23.1 Å². The van der Waals surface area contributed by atoms with Crippen LogP contribution in [0.15, 0.2) is 74.8 Å². The molecule has 0 aliphatic rings. The molecule has 5 nitrogen and oxygen atoms in total. The maximum Gasteiger partial charge on any atom is 0.255 e. The maximum absolute atomic E-state index is 12.1. The summed E-state index contributed by atoms with van der Waals surface area (Å²) >= 11 is 2.94. The van der Waals surface area contributed by atoms with Gasteiger partial charge in [-0.25, -0.2) is 8.42 Å². The second-order valence-electron chi connectivity index (χ2n) is 4.69. The lowest BCUT2D eigenvalue weighted by atomic mass is 10.2. The summed E-state index contributed by atoms with van der Waals surface area (Å²) in [5.74, 6) is 0. The molecule has 1 N–H and O–H groups in total. The van der Waals surface area contributed by atoms with E-state index in [4.69, 9.17) is 0 Å². The van der Waals surface area contributed by atoms with Crippen molar-refractivity contribution in [3.63, 3.8) is 0 Å². The predicted molar refractivity (Wildman–Crippen MR) is 98.5 cm³/mol. The summed E-state index contributed by atoms with van der Waals surface area (Å²) in [6.45, 7) is 0. The minimum atomic E-state index is -3.55. The SMILES string of the molecule is O=S(=O)(/C=C/c1ccccc1)Nc1ccc(Sc2nncs2)cc1. The first kappa shape index (κ1) is 16.7. The van der Waals surface area contributed by atoms with Crippen LogP contribution in [0.3, 0.4) is 0 Å². The lowest BCUT2D eigenvalue weighted by molar-refractivity contribution is 0.609. The molecule has 1 aromatic heterocycles. The van der Waals surface area contributed by atoms with Crippen LogP contribution in [0, 0.1) is 0 Å². The Bertz CT molecular complexity index is 907. The van der Waals surface area contributed by atoms with Gasteiger partial charge >= 0.3 is 0 Å². The molecule has 0 atom stereocenters. The first-order chi connectivity index (χ1) is 11.6. The Morgan fingerprint density at radius 3 is 2.46 bits per heavy atom. The lowest BCUT2D eigenvalue weighted by Gasteiger charge is -2.05. The summed E-state index contributed by atoms with van der Waals surface area (Å²) < 4.78 is 27.6. The molecule has 3 rings (SSSR count). The molecule has 0 radical (unpaired) electrons. The van der Waals surface area contributed by atoms with E-state index in [1.807, 2.05) is 42.5 Å². The molecule has 0 fully saturated rings. The van der Waals surface area contributed by atoms with Crippen molar-refractivity contribution < 1.29 is 8.42 Å². The molecular formula is C16H13N3O2S3. The van der Waals surface area contributed by atoms with Gasteiger partial charge in [-0.3, -0.25) is 4.72 Å². The highest BCUT2D eigenvalue weighted by Gasteiger charge is 2.06. The third-order valence-electron chi connectivity index (χ3n) is 2.90. The second kappa shape index (κ2) is 7.61. The molecule has 0 saturated heterocycles. The van der Waals surface area contributed by atoms with E-state index < -0.39 is 10.0 Å². The normalized spacial score (nSPS) is 11.7. The van der Waals surface area contributed by atoms with Crippen LogP contribution in [0.5, 0.6) is 0 Å². The van der Waals surface area contributed by atoms with E-state index in [9.17, 15) is 8.42 Å². The number of hydrogen-bond acceptors (Lipinski definition) is 6. The number of anilines is 1. The Morgan fingerprint density at radius 2 is 1.79 bits per heavy atom. The molecule has 0 saturated carbocycles. The standard InChI is InChI=1S/C16H13N3O2S3/c20-24(21,11-10-13-4-2-1-3-5-13)19-14-6-8-15(9-7-14)23-16-18-17-12-22-16/h1-12,19H/b11-10+. The monoisotopic (exact) mass is 375 g/mol. The minimum Gasteiger partial charge on any atom is -0.280 e. The van der Waals surface area contributed by atoms with Crippen LogP contribution in [0.4, 0.5) is 5.69 Å². The van der Waals surface area contributed by atoms with Gasteiger partial charge in [-0.15, -0.1) is 10.2 Å². The van der Waals surface area contributed by atoms with Crippen molar-refractivity contribution in [3.05, 3.63) is 71.1 Å².